The Morgan fingerprint density at radius 1 is 1.42 bits per heavy atom. The second-order valence-electron chi connectivity index (χ2n) is 4.14. The molecule has 1 rings (SSSR count). The lowest BCUT2D eigenvalue weighted by Crippen LogP contribution is -2.32. The number of halogens is 1. The molecule has 1 amide bonds. The van der Waals surface area contributed by atoms with Crippen LogP contribution in [0.4, 0.5) is 5.95 Å². The minimum atomic E-state index is -0.0702. The van der Waals surface area contributed by atoms with E-state index in [0.717, 1.165) is 0 Å². The van der Waals surface area contributed by atoms with Crippen LogP contribution in [0, 0.1) is 0 Å². The molecule has 19 heavy (non-hydrogen) atoms. The van der Waals surface area contributed by atoms with Crippen molar-refractivity contribution in [2.24, 2.45) is 0 Å². The molecule has 0 bridgehead atoms. The van der Waals surface area contributed by atoms with Gasteiger partial charge < -0.3 is 15.0 Å². The van der Waals surface area contributed by atoms with Gasteiger partial charge in [-0.15, -0.1) is 0 Å². The van der Waals surface area contributed by atoms with Crippen molar-refractivity contribution in [1.82, 2.24) is 19.9 Å². The van der Waals surface area contributed by atoms with Crippen LogP contribution in [0.25, 0.3) is 0 Å². The Balaban J connectivity index is 2.68. The van der Waals surface area contributed by atoms with Gasteiger partial charge in [-0.2, -0.15) is 15.0 Å². The molecule has 0 saturated heterocycles. The first-order valence-electron chi connectivity index (χ1n) is 5.98. The maximum absolute atomic E-state index is 11.6. The molecular weight excluding hydrogens is 270 g/mol. The van der Waals surface area contributed by atoms with Crippen molar-refractivity contribution in [3.8, 4) is 6.01 Å². The molecule has 1 N–H and O–H groups in total. The van der Waals surface area contributed by atoms with Crippen LogP contribution in [0.5, 0.6) is 6.01 Å². The van der Waals surface area contributed by atoms with Crippen LogP contribution >= 0.6 is 11.6 Å². The second-order valence-corrected chi connectivity index (χ2v) is 4.48. The Kier molecular flexibility index (Phi) is 5.75. The second kappa shape index (κ2) is 7.08. The summed E-state index contributed by atoms with van der Waals surface area (Å²) in [5, 5.41) is 2.81. The van der Waals surface area contributed by atoms with Crippen molar-refractivity contribution in [1.29, 1.82) is 0 Å². The third-order valence-electron chi connectivity index (χ3n) is 2.23. The van der Waals surface area contributed by atoms with Crippen LogP contribution in [0.2, 0.25) is 5.28 Å². The van der Waals surface area contributed by atoms with Crippen LogP contribution in [-0.2, 0) is 4.79 Å². The molecule has 0 atom stereocenters. The van der Waals surface area contributed by atoms with E-state index in [1.165, 1.54) is 0 Å². The maximum Gasteiger partial charge on any atom is 0.322 e. The first-order valence-corrected chi connectivity index (χ1v) is 6.36. The molecule has 0 aliphatic carbocycles. The summed E-state index contributed by atoms with van der Waals surface area (Å²) in [6, 6.07) is 0.133. The molecule has 0 aliphatic heterocycles. The SMILES string of the molecule is CCN(C)C(=O)CNc1nc(Cl)nc(OC(C)C)n1. The highest BCUT2D eigenvalue weighted by Gasteiger charge is 2.10. The van der Waals surface area contributed by atoms with Gasteiger partial charge >= 0.3 is 6.01 Å². The summed E-state index contributed by atoms with van der Waals surface area (Å²) in [6.45, 7) is 6.33. The lowest BCUT2D eigenvalue weighted by molar-refractivity contribution is -0.127. The molecule has 1 heterocycles. The van der Waals surface area contributed by atoms with E-state index < -0.39 is 0 Å². The normalized spacial score (nSPS) is 10.4. The lowest BCUT2D eigenvalue weighted by atomic mass is 10.5. The summed E-state index contributed by atoms with van der Waals surface area (Å²) in [4.78, 5) is 24.9. The number of hydrogen-bond donors (Lipinski definition) is 1. The zero-order chi connectivity index (χ0) is 14.4. The van der Waals surface area contributed by atoms with Crippen molar-refractivity contribution in [3.63, 3.8) is 0 Å². The number of likely N-dealkylation sites (N-methyl/N-ethyl adjacent to an activating group) is 1. The van der Waals surface area contributed by atoms with E-state index in [1.54, 1.807) is 11.9 Å². The molecule has 1 aromatic rings. The number of nitrogens with zero attached hydrogens (tertiary/aromatic N) is 4. The molecule has 0 fully saturated rings. The van der Waals surface area contributed by atoms with Gasteiger partial charge in [0.1, 0.15) is 0 Å². The van der Waals surface area contributed by atoms with Gasteiger partial charge in [-0.25, -0.2) is 0 Å². The predicted octanol–water partition coefficient (Wildman–Crippen LogP) is 1.20. The molecule has 0 unspecified atom stereocenters. The largest absolute Gasteiger partial charge is 0.461 e. The third kappa shape index (κ3) is 5.25. The highest BCUT2D eigenvalue weighted by Crippen LogP contribution is 2.12. The molecule has 0 aromatic carbocycles. The monoisotopic (exact) mass is 287 g/mol. The van der Waals surface area contributed by atoms with Crippen LogP contribution < -0.4 is 10.1 Å². The molecular formula is C11H18ClN5O2. The number of hydrogen-bond acceptors (Lipinski definition) is 6. The quantitative estimate of drug-likeness (QED) is 0.847. The Morgan fingerprint density at radius 3 is 2.68 bits per heavy atom. The zero-order valence-electron chi connectivity index (χ0n) is 11.5. The van der Waals surface area contributed by atoms with E-state index in [1.807, 2.05) is 20.8 Å². The number of rotatable bonds is 6. The summed E-state index contributed by atoms with van der Waals surface area (Å²) in [5.74, 6) is 0.152. The third-order valence-corrected chi connectivity index (χ3v) is 2.40. The molecule has 7 nitrogen and oxygen atoms in total. The van der Waals surface area contributed by atoms with Crippen LogP contribution in [0.1, 0.15) is 20.8 Å². The maximum atomic E-state index is 11.6. The smallest absolute Gasteiger partial charge is 0.322 e. The van der Waals surface area contributed by atoms with E-state index in [-0.39, 0.29) is 35.8 Å². The molecule has 0 spiro atoms. The first kappa shape index (κ1) is 15.4. The minimum Gasteiger partial charge on any atom is -0.461 e. The van der Waals surface area contributed by atoms with Crippen molar-refractivity contribution in [2.75, 3.05) is 25.5 Å². The molecule has 0 radical (unpaired) electrons. The van der Waals surface area contributed by atoms with Gasteiger partial charge in [0.2, 0.25) is 17.1 Å². The van der Waals surface area contributed by atoms with Crippen molar-refractivity contribution >= 4 is 23.5 Å². The summed E-state index contributed by atoms with van der Waals surface area (Å²) < 4.78 is 5.33. The van der Waals surface area contributed by atoms with E-state index in [0.29, 0.717) is 6.54 Å². The minimum absolute atomic E-state index is 0.0180. The first-order chi connectivity index (χ1) is 8.92. The van der Waals surface area contributed by atoms with Gasteiger partial charge in [0, 0.05) is 13.6 Å². The Hall–Kier alpha value is -1.63. The van der Waals surface area contributed by atoms with E-state index in [2.05, 4.69) is 20.3 Å². The average Bonchev–Trinajstić information content (AvgIpc) is 2.33. The van der Waals surface area contributed by atoms with Gasteiger partial charge in [0.15, 0.2) is 0 Å². The number of carbonyl (C=O) groups excluding carboxylic acids is 1. The van der Waals surface area contributed by atoms with Gasteiger partial charge in [-0.1, -0.05) is 0 Å². The number of amides is 1. The van der Waals surface area contributed by atoms with Crippen LogP contribution in [0.15, 0.2) is 0 Å². The average molecular weight is 288 g/mol. The number of carbonyl (C=O) groups is 1. The molecule has 0 saturated carbocycles. The van der Waals surface area contributed by atoms with Crippen LogP contribution in [-0.4, -0.2) is 52.0 Å². The highest BCUT2D eigenvalue weighted by molar-refractivity contribution is 6.28. The Labute approximate surface area is 117 Å². The van der Waals surface area contributed by atoms with E-state index in [4.69, 9.17) is 16.3 Å². The fraction of sp³-hybridized carbons (Fsp3) is 0.636. The predicted molar refractivity (Wildman–Crippen MR) is 72.4 cm³/mol. The van der Waals surface area contributed by atoms with Gasteiger partial charge in [-0.05, 0) is 32.4 Å². The van der Waals surface area contributed by atoms with Crippen molar-refractivity contribution in [3.05, 3.63) is 5.28 Å². The van der Waals surface area contributed by atoms with Crippen molar-refractivity contribution < 1.29 is 9.53 Å². The molecule has 0 aliphatic rings. The summed E-state index contributed by atoms with van der Waals surface area (Å²) >= 11 is 5.76. The fourth-order valence-electron chi connectivity index (χ4n) is 1.14. The summed E-state index contributed by atoms with van der Waals surface area (Å²) in [6.07, 6.45) is -0.0702. The Morgan fingerprint density at radius 2 is 2.11 bits per heavy atom. The Bertz CT molecular complexity index is 441. The van der Waals surface area contributed by atoms with Gasteiger partial charge in [-0.3, -0.25) is 4.79 Å². The standard InChI is InChI=1S/C11H18ClN5O2/c1-5-17(4)8(18)6-13-10-14-9(12)15-11(16-10)19-7(2)3/h7H,5-6H2,1-4H3,(H,13,14,15,16). The number of aromatic nitrogens is 3. The van der Waals surface area contributed by atoms with E-state index >= 15 is 0 Å². The molecule has 106 valence electrons. The summed E-state index contributed by atoms with van der Waals surface area (Å²) in [5.41, 5.74) is 0. The van der Waals surface area contributed by atoms with E-state index in [9.17, 15) is 4.79 Å². The van der Waals surface area contributed by atoms with Crippen LogP contribution in [0.3, 0.4) is 0 Å². The van der Waals surface area contributed by atoms with Crippen molar-refractivity contribution in [2.45, 2.75) is 26.9 Å². The van der Waals surface area contributed by atoms with Gasteiger partial charge in [0.25, 0.3) is 0 Å². The molecule has 1 aromatic heterocycles. The fourth-order valence-corrected chi connectivity index (χ4v) is 1.29. The highest BCUT2D eigenvalue weighted by atomic mass is 35.5. The summed E-state index contributed by atoms with van der Waals surface area (Å²) in [7, 11) is 1.72. The number of anilines is 1. The topological polar surface area (TPSA) is 80.2 Å². The number of nitrogens with one attached hydrogen (secondary N) is 1. The lowest BCUT2D eigenvalue weighted by Gasteiger charge is -2.15. The van der Waals surface area contributed by atoms with Gasteiger partial charge in [0.05, 0.1) is 12.6 Å². The number of ether oxygens (including phenoxy) is 1. The molecule has 8 heteroatoms. The zero-order valence-corrected chi connectivity index (χ0v) is 12.2.